The van der Waals surface area contributed by atoms with Gasteiger partial charge in [-0.1, -0.05) is 34.8 Å². The highest BCUT2D eigenvalue weighted by Crippen LogP contribution is 2.35. The van der Waals surface area contributed by atoms with Gasteiger partial charge in [-0.2, -0.15) is 0 Å². The van der Waals surface area contributed by atoms with Gasteiger partial charge in [0.2, 0.25) is 0 Å². The van der Waals surface area contributed by atoms with E-state index in [4.69, 9.17) is 34.8 Å². The molecule has 1 aliphatic rings. The van der Waals surface area contributed by atoms with Gasteiger partial charge in [0.05, 0.1) is 6.04 Å². The van der Waals surface area contributed by atoms with Crippen LogP contribution in [0.25, 0.3) is 0 Å². The Labute approximate surface area is 113 Å². The molecular weight excluding hydrogens is 289 g/mol. The number of nitrogens with one attached hydrogen (secondary N) is 1. The fourth-order valence-electron chi connectivity index (χ4n) is 1.88. The Morgan fingerprint density at radius 2 is 2.25 bits per heavy atom. The fourth-order valence-corrected chi connectivity index (χ4v) is 3.03. The number of aryl methyl sites for hydroxylation is 1. The molecule has 0 saturated carbocycles. The number of hydrogen-bond donors (Lipinski definition) is 1. The molecule has 0 saturated heterocycles. The van der Waals surface area contributed by atoms with Gasteiger partial charge in [-0.25, -0.2) is 0 Å². The minimum absolute atomic E-state index is 0.0156. The zero-order valence-electron chi connectivity index (χ0n) is 8.30. The smallest absolute Gasteiger partial charge is 0.272 e. The summed E-state index contributed by atoms with van der Waals surface area (Å²) in [6.07, 6.45) is 3.03. The second-order valence-electron chi connectivity index (χ2n) is 3.72. The third-order valence-corrected chi connectivity index (χ3v) is 4.13. The van der Waals surface area contributed by atoms with E-state index in [1.54, 1.807) is 11.3 Å². The first-order valence-corrected chi connectivity index (χ1v) is 6.94. The van der Waals surface area contributed by atoms with Gasteiger partial charge in [-0.3, -0.25) is 4.79 Å². The zero-order chi connectivity index (χ0) is 11.8. The molecule has 1 amide bonds. The number of halogens is 3. The number of carbonyl (C=O) groups is 1. The summed E-state index contributed by atoms with van der Waals surface area (Å²) in [4.78, 5) is 12.9. The molecule has 0 radical (unpaired) electrons. The molecule has 1 atom stereocenters. The summed E-state index contributed by atoms with van der Waals surface area (Å²) in [5, 5.41) is 4.81. The van der Waals surface area contributed by atoms with E-state index in [0.717, 1.165) is 19.3 Å². The monoisotopic (exact) mass is 297 g/mol. The Morgan fingerprint density at radius 3 is 2.94 bits per heavy atom. The van der Waals surface area contributed by atoms with Crippen molar-refractivity contribution in [3.63, 3.8) is 0 Å². The maximum absolute atomic E-state index is 11.6. The first-order chi connectivity index (χ1) is 7.48. The van der Waals surface area contributed by atoms with E-state index < -0.39 is 9.70 Å². The Morgan fingerprint density at radius 1 is 1.50 bits per heavy atom. The molecule has 88 valence electrons. The molecule has 0 aliphatic heterocycles. The lowest BCUT2D eigenvalue weighted by atomic mass is 9.94. The van der Waals surface area contributed by atoms with Crippen molar-refractivity contribution in [1.82, 2.24) is 5.32 Å². The lowest BCUT2D eigenvalue weighted by Gasteiger charge is -2.25. The molecule has 6 heteroatoms. The van der Waals surface area contributed by atoms with Gasteiger partial charge in [0.1, 0.15) is 0 Å². The summed E-state index contributed by atoms with van der Waals surface area (Å²) in [6.45, 7) is 0. The molecule has 2 nitrogen and oxygen atoms in total. The van der Waals surface area contributed by atoms with Crippen LogP contribution in [0.5, 0.6) is 0 Å². The van der Waals surface area contributed by atoms with Crippen LogP contribution in [0.3, 0.4) is 0 Å². The summed E-state index contributed by atoms with van der Waals surface area (Å²) in [5.41, 5.74) is 1.17. The van der Waals surface area contributed by atoms with Crippen molar-refractivity contribution in [3.05, 3.63) is 21.9 Å². The summed E-state index contributed by atoms with van der Waals surface area (Å²) >= 11 is 18.3. The Hall–Kier alpha value is 0.0400. The molecule has 1 aliphatic carbocycles. The SMILES string of the molecule is O=C(NC1CCCc2sccc21)C(Cl)(Cl)Cl. The Balaban J connectivity index is 2.11. The molecule has 0 fully saturated rings. The minimum atomic E-state index is -1.88. The Kier molecular flexibility index (Phi) is 3.69. The zero-order valence-corrected chi connectivity index (χ0v) is 11.4. The quantitative estimate of drug-likeness (QED) is 0.788. The van der Waals surface area contributed by atoms with Crippen LogP contribution >= 0.6 is 46.1 Å². The predicted molar refractivity (Wildman–Crippen MR) is 68.4 cm³/mol. The van der Waals surface area contributed by atoms with Crippen LogP contribution in [-0.4, -0.2) is 9.70 Å². The van der Waals surface area contributed by atoms with Crippen LogP contribution in [0.2, 0.25) is 0 Å². The van der Waals surface area contributed by atoms with E-state index in [-0.39, 0.29) is 6.04 Å². The van der Waals surface area contributed by atoms with E-state index in [9.17, 15) is 4.79 Å². The third-order valence-electron chi connectivity index (χ3n) is 2.61. The average Bonchev–Trinajstić information content (AvgIpc) is 2.65. The molecule has 1 unspecified atom stereocenters. The summed E-state index contributed by atoms with van der Waals surface area (Å²) in [5.74, 6) is -0.554. The standard InChI is InChI=1S/C10H10Cl3NOS/c11-10(12,13)9(15)14-7-2-1-3-8-6(7)4-5-16-8/h4-5,7H,1-3H2,(H,14,15). The van der Waals surface area contributed by atoms with E-state index in [2.05, 4.69) is 5.32 Å². The Bertz CT molecular complexity index is 399. The van der Waals surface area contributed by atoms with E-state index in [0.29, 0.717) is 0 Å². The van der Waals surface area contributed by atoms with Crippen LogP contribution in [-0.2, 0) is 11.2 Å². The molecule has 1 N–H and O–H groups in total. The number of amides is 1. The number of thiophene rings is 1. The van der Waals surface area contributed by atoms with Crippen LogP contribution in [0.1, 0.15) is 29.3 Å². The highest BCUT2D eigenvalue weighted by Gasteiger charge is 2.33. The molecule has 1 heterocycles. The van der Waals surface area contributed by atoms with Crippen LogP contribution < -0.4 is 5.32 Å². The molecule has 1 aromatic rings. The van der Waals surface area contributed by atoms with Crippen molar-refractivity contribution in [2.24, 2.45) is 0 Å². The van der Waals surface area contributed by atoms with E-state index in [1.165, 1.54) is 10.4 Å². The van der Waals surface area contributed by atoms with Crippen LogP contribution in [0, 0.1) is 0 Å². The van der Waals surface area contributed by atoms with Gasteiger partial charge in [-0.05, 0) is 36.3 Å². The van der Waals surface area contributed by atoms with Crippen molar-refractivity contribution in [1.29, 1.82) is 0 Å². The van der Waals surface area contributed by atoms with Crippen LogP contribution in [0.15, 0.2) is 11.4 Å². The normalized spacial score (nSPS) is 20.3. The average molecular weight is 299 g/mol. The summed E-state index contributed by atoms with van der Waals surface area (Å²) in [6, 6.07) is 2.01. The van der Waals surface area contributed by atoms with Crippen molar-refractivity contribution < 1.29 is 4.79 Å². The highest BCUT2D eigenvalue weighted by molar-refractivity contribution is 7.10. The minimum Gasteiger partial charge on any atom is -0.346 e. The van der Waals surface area contributed by atoms with Crippen molar-refractivity contribution in [2.45, 2.75) is 29.1 Å². The van der Waals surface area contributed by atoms with Gasteiger partial charge < -0.3 is 5.32 Å². The molecule has 0 spiro atoms. The molecular formula is C10H10Cl3NOS. The largest absolute Gasteiger partial charge is 0.346 e. The number of fused-ring (bicyclic) bond motifs is 1. The fraction of sp³-hybridized carbons (Fsp3) is 0.500. The summed E-state index contributed by atoms with van der Waals surface area (Å²) in [7, 11) is 0. The molecule has 2 rings (SSSR count). The first kappa shape index (κ1) is 12.5. The molecule has 1 aromatic heterocycles. The maximum atomic E-state index is 11.6. The number of rotatable bonds is 1. The van der Waals surface area contributed by atoms with Crippen molar-refractivity contribution >= 4 is 52.0 Å². The van der Waals surface area contributed by atoms with Gasteiger partial charge >= 0.3 is 0 Å². The van der Waals surface area contributed by atoms with Crippen molar-refractivity contribution in [2.75, 3.05) is 0 Å². The topological polar surface area (TPSA) is 29.1 Å². The predicted octanol–water partition coefficient (Wildman–Crippen LogP) is 3.61. The van der Waals surface area contributed by atoms with E-state index >= 15 is 0 Å². The van der Waals surface area contributed by atoms with Gasteiger partial charge in [0, 0.05) is 4.88 Å². The number of alkyl halides is 3. The van der Waals surface area contributed by atoms with Gasteiger partial charge in [0.25, 0.3) is 9.70 Å². The highest BCUT2D eigenvalue weighted by atomic mass is 35.6. The summed E-state index contributed by atoms with van der Waals surface area (Å²) < 4.78 is -1.88. The lowest BCUT2D eigenvalue weighted by Crippen LogP contribution is -2.38. The molecule has 16 heavy (non-hydrogen) atoms. The van der Waals surface area contributed by atoms with Crippen molar-refractivity contribution in [3.8, 4) is 0 Å². The number of hydrogen-bond acceptors (Lipinski definition) is 2. The maximum Gasteiger partial charge on any atom is 0.272 e. The van der Waals surface area contributed by atoms with Gasteiger partial charge in [0.15, 0.2) is 0 Å². The van der Waals surface area contributed by atoms with Gasteiger partial charge in [-0.15, -0.1) is 11.3 Å². The lowest BCUT2D eigenvalue weighted by molar-refractivity contribution is -0.121. The van der Waals surface area contributed by atoms with E-state index in [1.807, 2.05) is 11.4 Å². The second kappa shape index (κ2) is 4.73. The first-order valence-electron chi connectivity index (χ1n) is 4.92. The molecule has 0 aromatic carbocycles. The number of carbonyl (C=O) groups excluding carboxylic acids is 1. The molecule has 0 bridgehead atoms. The third kappa shape index (κ3) is 2.65. The van der Waals surface area contributed by atoms with Crippen LogP contribution in [0.4, 0.5) is 0 Å². The second-order valence-corrected chi connectivity index (χ2v) is 7.00.